The minimum Gasteiger partial charge on any atom is -0.310 e. The maximum atomic E-state index is 11.9. The molecule has 0 aliphatic rings. The fraction of sp³-hybridized carbons (Fsp3) is 0.500. The van der Waals surface area contributed by atoms with Gasteiger partial charge in [0, 0.05) is 12.6 Å². The van der Waals surface area contributed by atoms with Crippen LogP contribution in [-0.4, -0.2) is 12.7 Å². The van der Waals surface area contributed by atoms with Crippen molar-refractivity contribution in [2.45, 2.75) is 32.5 Å². The average molecular weight is 231 g/mol. The Labute approximate surface area is 93.7 Å². The van der Waals surface area contributed by atoms with Crippen LogP contribution in [0.1, 0.15) is 30.5 Å². The Balaban J connectivity index is 2.41. The lowest BCUT2D eigenvalue weighted by Crippen LogP contribution is -2.24. The van der Waals surface area contributed by atoms with Crippen molar-refractivity contribution in [1.82, 2.24) is 5.32 Å². The molecule has 1 aromatic rings. The molecule has 0 saturated carbocycles. The first kappa shape index (κ1) is 13.0. The molecular weight excluding hydrogens is 215 g/mol. The van der Waals surface area contributed by atoms with Gasteiger partial charge in [-0.15, -0.1) is 0 Å². The summed E-state index contributed by atoms with van der Waals surface area (Å²) >= 11 is 0. The SMILES string of the molecule is Cc1ccc(C(C)NCCC(F)(F)F)cc1. The van der Waals surface area contributed by atoms with Crippen LogP contribution >= 0.6 is 0 Å². The predicted octanol–water partition coefficient (Wildman–Crippen LogP) is 3.60. The first-order valence-electron chi connectivity index (χ1n) is 5.25. The Bertz CT molecular complexity index is 316. The second-order valence-corrected chi connectivity index (χ2v) is 3.95. The van der Waals surface area contributed by atoms with Gasteiger partial charge in [0.1, 0.15) is 0 Å². The molecule has 0 spiro atoms. The normalized spacial score (nSPS) is 13.8. The van der Waals surface area contributed by atoms with Gasteiger partial charge in [0.25, 0.3) is 0 Å². The highest BCUT2D eigenvalue weighted by atomic mass is 19.4. The highest BCUT2D eigenvalue weighted by molar-refractivity contribution is 5.23. The quantitative estimate of drug-likeness (QED) is 0.834. The van der Waals surface area contributed by atoms with E-state index in [0.717, 1.165) is 11.1 Å². The molecule has 0 aromatic heterocycles. The zero-order chi connectivity index (χ0) is 12.2. The van der Waals surface area contributed by atoms with Gasteiger partial charge in [-0.25, -0.2) is 0 Å². The van der Waals surface area contributed by atoms with E-state index in [4.69, 9.17) is 0 Å². The standard InChI is InChI=1S/C12H16F3N/c1-9-3-5-11(6-4-9)10(2)16-8-7-12(13,14)15/h3-6,10,16H,7-8H2,1-2H3. The lowest BCUT2D eigenvalue weighted by atomic mass is 10.1. The van der Waals surface area contributed by atoms with Crippen molar-refractivity contribution < 1.29 is 13.2 Å². The zero-order valence-electron chi connectivity index (χ0n) is 9.43. The first-order chi connectivity index (χ1) is 7.38. The van der Waals surface area contributed by atoms with E-state index in [-0.39, 0.29) is 12.6 Å². The number of hydrogen-bond donors (Lipinski definition) is 1. The van der Waals surface area contributed by atoms with Gasteiger partial charge in [-0.1, -0.05) is 29.8 Å². The van der Waals surface area contributed by atoms with Crippen molar-refractivity contribution in [1.29, 1.82) is 0 Å². The highest BCUT2D eigenvalue weighted by Gasteiger charge is 2.26. The molecule has 0 heterocycles. The van der Waals surface area contributed by atoms with Crippen molar-refractivity contribution in [3.63, 3.8) is 0 Å². The molecule has 90 valence electrons. The predicted molar refractivity (Wildman–Crippen MR) is 58.3 cm³/mol. The van der Waals surface area contributed by atoms with Crippen molar-refractivity contribution in [3.05, 3.63) is 35.4 Å². The topological polar surface area (TPSA) is 12.0 Å². The first-order valence-corrected chi connectivity index (χ1v) is 5.25. The third-order valence-electron chi connectivity index (χ3n) is 2.44. The van der Waals surface area contributed by atoms with E-state index in [2.05, 4.69) is 5.32 Å². The van der Waals surface area contributed by atoms with E-state index in [1.54, 1.807) is 0 Å². The van der Waals surface area contributed by atoms with E-state index in [1.807, 2.05) is 38.1 Å². The molecule has 0 aliphatic carbocycles. The van der Waals surface area contributed by atoms with E-state index >= 15 is 0 Å². The lowest BCUT2D eigenvalue weighted by Gasteiger charge is -2.15. The molecule has 1 rings (SSSR count). The van der Waals surface area contributed by atoms with Crippen LogP contribution in [0.25, 0.3) is 0 Å². The van der Waals surface area contributed by atoms with E-state index in [0.29, 0.717) is 0 Å². The van der Waals surface area contributed by atoms with Gasteiger partial charge in [-0.2, -0.15) is 13.2 Å². The second-order valence-electron chi connectivity index (χ2n) is 3.95. The fourth-order valence-corrected chi connectivity index (χ4v) is 1.40. The van der Waals surface area contributed by atoms with E-state index < -0.39 is 12.6 Å². The summed E-state index contributed by atoms with van der Waals surface area (Å²) in [7, 11) is 0. The third-order valence-corrected chi connectivity index (χ3v) is 2.44. The summed E-state index contributed by atoms with van der Waals surface area (Å²) in [6, 6.07) is 7.72. The molecule has 1 atom stereocenters. The Hall–Kier alpha value is -1.03. The number of benzene rings is 1. The van der Waals surface area contributed by atoms with Crippen LogP contribution in [0.4, 0.5) is 13.2 Å². The molecule has 1 aromatic carbocycles. The van der Waals surface area contributed by atoms with Gasteiger partial charge >= 0.3 is 6.18 Å². The van der Waals surface area contributed by atoms with E-state index in [9.17, 15) is 13.2 Å². The van der Waals surface area contributed by atoms with Gasteiger partial charge in [0.2, 0.25) is 0 Å². The molecule has 0 aliphatic heterocycles. The Morgan fingerprint density at radius 1 is 1.19 bits per heavy atom. The van der Waals surface area contributed by atoms with Crippen LogP contribution in [0.5, 0.6) is 0 Å². The van der Waals surface area contributed by atoms with Crippen molar-refractivity contribution in [2.24, 2.45) is 0 Å². The lowest BCUT2D eigenvalue weighted by molar-refractivity contribution is -0.133. The maximum absolute atomic E-state index is 11.9. The fourth-order valence-electron chi connectivity index (χ4n) is 1.40. The smallest absolute Gasteiger partial charge is 0.310 e. The van der Waals surface area contributed by atoms with Crippen LogP contribution in [-0.2, 0) is 0 Å². The van der Waals surface area contributed by atoms with Gasteiger partial charge in [-0.3, -0.25) is 0 Å². The zero-order valence-corrected chi connectivity index (χ0v) is 9.43. The number of alkyl halides is 3. The molecule has 0 saturated heterocycles. The van der Waals surface area contributed by atoms with E-state index in [1.165, 1.54) is 0 Å². The Morgan fingerprint density at radius 2 is 1.75 bits per heavy atom. The van der Waals surface area contributed by atoms with Crippen molar-refractivity contribution in [3.8, 4) is 0 Å². The second kappa shape index (κ2) is 5.34. The third kappa shape index (κ3) is 4.66. The summed E-state index contributed by atoms with van der Waals surface area (Å²) in [6.45, 7) is 3.80. The number of hydrogen-bond acceptors (Lipinski definition) is 1. The summed E-state index contributed by atoms with van der Waals surface area (Å²) in [5.74, 6) is 0. The van der Waals surface area contributed by atoms with Gasteiger partial charge < -0.3 is 5.32 Å². The largest absolute Gasteiger partial charge is 0.390 e. The van der Waals surface area contributed by atoms with Gasteiger partial charge in [-0.05, 0) is 19.4 Å². The molecule has 16 heavy (non-hydrogen) atoms. The summed E-state index contributed by atoms with van der Waals surface area (Å²) in [4.78, 5) is 0. The van der Waals surface area contributed by atoms with Crippen molar-refractivity contribution in [2.75, 3.05) is 6.54 Å². The Kier molecular flexibility index (Phi) is 4.35. The average Bonchev–Trinajstić information content (AvgIpc) is 2.16. The molecule has 1 nitrogen and oxygen atoms in total. The van der Waals surface area contributed by atoms with Crippen LogP contribution in [0, 0.1) is 6.92 Å². The Morgan fingerprint density at radius 3 is 2.25 bits per heavy atom. The monoisotopic (exact) mass is 231 g/mol. The molecule has 0 radical (unpaired) electrons. The molecular formula is C12H16F3N. The summed E-state index contributed by atoms with van der Waals surface area (Å²) < 4.78 is 35.8. The molecule has 0 amide bonds. The van der Waals surface area contributed by atoms with Gasteiger partial charge in [0.15, 0.2) is 0 Å². The summed E-state index contributed by atoms with van der Waals surface area (Å²) in [5.41, 5.74) is 2.15. The summed E-state index contributed by atoms with van der Waals surface area (Å²) in [6.07, 6.45) is -4.87. The number of aryl methyl sites for hydroxylation is 1. The number of halogens is 3. The van der Waals surface area contributed by atoms with Crippen molar-refractivity contribution >= 4 is 0 Å². The van der Waals surface area contributed by atoms with Crippen LogP contribution in [0.2, 0.25) is 0 Å². The molecule has 1 N–H and O–H groups in total. The summed E-state index contributed by atoms with van der Waals surface area (Å²) in [5, 5.41) is 2.85. The highest BCUT2D eigenvalue weighted by Crippen LogP contribution is 2.19. The van der Waals surface area contributed by atoms with Crippen LogP contribution in [0.15, 0.2) is 24.3 Å². The molecule has 1 unspecified atom stereocenters. The number of rotatable bonds is 4. The van der Waals surface area contributed by atoms with Crippen LogP contribution < -0.4 is 5.32 Å². The minimum absolute atomic E-state index is 0.0431. The maximum Gasteiger partial charge on any atom is 0.390 e. The number of nitrogens with one attached hydrogen (secondary N) is 1. The molecule has 4 heteroatoms. The molecule has 0 bridgehead atoms. The van der Waals surface area contributed by atoms with Gasteiger partial charge in [0.05, 0.1) is 6.42 Å². The molecule has 0 fully saturated rings. The minimum atomic E-state index is -4.08. The van der Waals surface area contributed by atoms with Crippen LogP contribution in [0.3, 0.4) is 0 Å².